The highest BCUT2D eigenvalue weighted by Gasteiger charge is 2.40. The van der Waals surface area contributed by atoms with Crippen LogP contribution in [0.2, 0.25) is 5.02 Å². The first kappa shape index (κ1) is 25.3. The largest absolute Gasteiger partial charge is 0.495 e. The zero-order valence-electron chi connectivity index (χ0n) is 19.4. The summed E-state index contributed by atoms with van der Waals surface area (Å²) in [6.45, 7) is 1.35. The van der Waals surface area contributed by atoms with Crippen molar-refractivity contribution in [3.05, 3.63) is 77.3 Å². The zero-order chi connectivity index (χ0) is 25.9. The van der Waals surface area contributed by atoms with Gasteiger partial charge < -0.3 is 19.5 Å². The number of benzene rings is 3. The molecule has 1 unspecified atom stereocenters. The van der Waals surface area contributed by atoms with Crippen molar-refractivity contribution in [3.8, 4) is 11.5 Å². The molecule has 3 aromatic rings. The van der Waals surface area contributed by atoms with Crippen LogP contribution in [-0.4, -0.2) is 46.7 Å². The molecule has 188 valence electrons. The van der Waals surface area contributed by atoms with Gasteiger partial charge in [0.1, 0.15) is 16.4 Å². The lowest BCUT2D eigenvalue weighted by Gasteiger charge is -2.34. The highest BCUT2D eigenvalue weighted by Crippen LogP contribution is 2.40. The van der Waals surface area contributed by atoms with E-state index in [2.05, 4.69) is 5.32 Å². The number of sulfonamides is 1. The van der Waals surface area contributed by atoms with Crippen LogP contribution in [0.3, 0.4) is 0 Å². The van der Waals surface area contributed by atoms with Crippen LogP contribution in [0.1, 0.15) is 17.3 Å². The van der Waals surface area contributed by atoms with Gasteiger partial charge in [-0.05, 0) is 55.5 Å². The number of halogens is 1. The number of methoxy groups -OCH3 is 1. The molecule has 1 amide bonds. The molecule has 4 rings (SSSR count). The molecule has 9 nitrogen and oxygen atoms in total. The molecule has 36 heavy (non-hydrogen) atoms. The van der Waals surface area contributed by atoms with E-state index in [1.54, 1.807) is 31.2 Å². The number of nitrogens with one attached hydrogen (secondary N) is 1. The van der Waals surface area contributed by atoms with Gasteiger partial charge in [0.25, 0.3) is 15.9 Å². The molecule has 0 spiro atoms. The molecule has 0 aromatic heterocycles. The van der Waals surface area contributed by atoms with Crippen molar-refractivity contribution < 1.29 is 32.2 Å². The number of para-hydroxylation sites is 1. The standard InChI is InChI=1S/C25H23ClN2O7S/c1-3-34-25(30)22-15-28(36(31,32)23-14-17(26)10-12-21(23)33-2)19-13-16(9-11-20(19)35-22)24(29)27-18-7-5-4-6-8-18/h4-14,22H,3,15H2,1-2H3,(H,27,29). The number of anilines is 2. The maximum Gasteiger partial charge on any atom is 0.349 e. The Kier molecular flexibility index (Phi) is 7.37. The first-order valence-corrected chi connectivity index (χ1v) is 12.8. The smallest absolute Gasteiger partial charge is 0.349 e. The Hall–Kier alpha value is -3.76. The molecule has 0 aliphatic carbocycles. The molecule has 3 aromatic carbocycles. The topological polar surface area (TPSA) is 111 Å². The lowest BCUT2D eigenvalue weighted by molar-refractivity contribution is -0.151. The van der Waals surface area contributed by atoms with Gasteiger partial charge in [0, 0.05) is 16.3 Å². The second-order valence-electron chi connectivity index (χ2n) is 7.69. The van der Waals surface area contributed by atoms with Gasteiger partial charge in [-0.1, -0.05) is 29.8 Å². The number of amides is 1. The van der Waals surface area contributed by atoms with E-state index in [0.717, 1.165) is 4.31 Å². The monoisotopic (exact) mass is 530 g/mol. The summed E-state index contributed by atoms with van der Waals surface area (Å²) < 4.78 is 44.8. The van der Waals surface area contributed by atoms with Crippen LogP contribution in [0, 0.1) is 0 Å². The van der Waals surface area contributed by atoms with Crippen LogP contribution in [-0.2, 0) is 19.6 Å². The summed E-state index contributed by atoms with van der Waals surface area (Å²) in [4.78, 5) is 25.2. The molecule has 0 radical (unpaired) electrons. The summed E-state index contributed by atoms with van der Waals surface area (Å²) in [5, 5.41) is 2.94. The van der Waals surface area contributed by atoms with Gasteiger partial charge in [-0.15, -0.1) is 0 Å². The number of carbonyl (C=O) groups is 2. The van der Waals surface area contributed by atoms with Gasteiger partial charge in [-0.2, -0.15) is 0 Å². The molecule has 1 aliphatic heterocycles. The Morgan fingerprint density at radius 2 is 1.86 bits per heavy atom. The van der Waals surface area contributed by atoms with Crippen molar-refractivity contribution in [1.82, 2.24) is 0 Å². The summed E-state index contributed by atoms with van der Waals surface area (Å²) in [5.41, 5.74) is 0.847. The molecule has 0 saturated heterocycles. The average molecular weight is 531 g/mol. The van der Waals surface area contributed by atoms with Gasteiger partial charge in [0.2, 0.25) is 6.10 Å². The zero-order valence-corrected chi connectivity index (χ0v) is 21.0. The average Bonchev–Trinajstić information content (AvgIpc) is 2.88. The fraction of sp³-hybridized carbons (Fsp3) is 0.200. The Balaban J connectivity index is 1.79. The number of ether oxygens (including phenoxy) is 3. The molecule has 1 aliphatic rings. The van der Waals surface area contributed by atoms with Crippen molar-refractivity contribution in [1.29, 1.82) is 0 Å². The molecule has 0 bridgehead atoms. The minimum absolute atomic E-state index is 0.0677. The number of fused-ring (bicyclic) bond motifs is 1. The number of esters is 1. The quantitative estimate of drug-likeness (QED) is 0.457. The minimum Gasteiger partial charge on any atom is -0.495 e. The molecule has 1 heterocycles. The van der Waals surface area contributed by atoms with E-state index in [9.17, 15) is 18.0 Å². The first-order valence-electron chi connectivity index (χ1n) is 10.9. The molecular formula is C25H23ClN2O7S. The molecular weight excluding hydrogens is 508 g/mol. The normalized spacial score (nSPS) is 14.9. The Labute approximate surface area is 213 Å². The number of hydrogen-bond acceptors (Lipinski definition) is 7. The predicted octanol–water partition coefficient (Wildman–Crippen LogP) is 4.12. The van der Waals surface area contributed by atoms with Gasteiger partial charge in [-0.3, -0.25) is 9.10 Å². The van der Waals surface area contributed by atoms with E-state index in [4.69, 9.17) is 25.8 Å². The van der Waals surface area contributed by atoms with E-state index in [1.165, 1.54) is 43.5 Å². The number of carbonyl (C=O) groups excluding carboxylic acids is 2. The maximum absolute atomic E-state index is 13.9. The molecule has 0 saturated carbocycles. The molecule has 11 heteroatoms. The van der Waals surface area contributed by atoms with Crippen LogP contribution in [0.4, 0.5) is 11.4 Å². The molecule has 1 atom stereocenters. The summed E-state index contributed by atoms with van der Waals surface area (Å²) in [7, 11) is -2.98. The Bertz CT molecular complexity index is 1400. The van der Waals surface area contributed by atoms with Crippen molar-refractivity contribution in [3.63, 3.8) is 0 Å². The molecule has 1 N–H and O–H groups in total. The van der Waals surface area contributed by atoms with Crippen LogP contribution in [0.5, 0.6) is 11.5 Å². The van der Waals surface area contributed by atoms with Crippen LogP contribution < -0.4 is 19.1 Å². The summed E-state index contributed by atoms with van der Waals surface area (Å²) in [6.07, 6.45) is -1.22. The van der Waals surface area contributed by atoms with Crippen molar-refractivity contribution in [2.24, 2.45) is 0 Å². The third-order valence-electron chi connectivity index (χ3n) is 5.37. The number of nitrogens with zero attached hydrogens (tertiary/aromatic N) is 1. The SMILES string of the molecule is CCOC(=O)C1CN(S(=O)(=O)c2cc(Cl)ccc2OC)c2cc(C(=O)Nc3ccccc3)ccc2O1. The third-order valence-corrected chi connectivity index (χ3v) is 7.40. The Morgan fingerprint density at radius 3 is 2.56 bits per heavy atom. The van der Waals surface area contributed by atoms with Crippen LogP contribution in [0.15, 0.2) is 71.6 Å². The Morgan fingerprint density at radius 1 is 1.11 bits per heavy atom. The summed E-state index contributed by atoms with van der Waals surface area (Å²) >= 11 is 6.09. The lowest BCUT2D eigenvalue weighted by atomic mass is 10.1. The van der Waals surface area contributed by atoms with E-state index in [1.807, 2.05) is 6.07 Å². The van der Waals surface area contributed by atoms with Crippen LogP contribution >= 0.6 is 11.6 Å². The van der Waals surface area contributed by atoms with E-state index >= 15 is 0 Å². The predicted molar refractivity (Wildman–Crippen MR) is 134 cm³/mol. The van der Waals surface area contributed by atoms with Gasteiger partial charge in [0.15, 0.2) is 0 Å². The van der Waals surface area contributed by atoms with Gasteiger partial charge in [0.05, 0.1) is 25.9 Å². The van der Waals surface area contributed by atoms with E-state index < -0.39 is 28.0 Å². The maximum atomic E-state index is 13.9. The van der Waals surface area contributed by atoms with Crippen molar-refractivity contribution >= 4 is 44.9 Å². The van der Waals surface area contributed by atoms with Gasteiger partial charge >= 0.3 is 5.97 Å². The number of rotatable bonds is 7. The third kappa shape index (κ3) is 5.09. The molecule has 0 fully saturated rings. The highest BCUT2D eigenvalue weighted by molar-refractivity contribution is 7.93. The highest BCUT2D eigenvalue weighted by atomic mass is 35.5. The van der Waals surface area contributed by atoms with Crippen molar-refractivity contribution in [2.75, 3.05) is 29.9 Å². The van der Waals surface area contributed by atoms with E-state index in [-0.39, 0.29) is 45.8 Å². The van der Waals surface area contributed by atoms with E-state index in [0.29, 0.717) is 5.69 Å². The fourth-order valence-electron chi connectivity index (χ4n) is 3.67. The van der Waals surface area contributed by atoms with Gasteiger partial charge in [-0.25, -0.2) is 13.2 Å². The number of hydrogen-bond donors (Lipinski definition) is 1. The summed E-state index contributed by atoms with van der Waals surface area (Å²) in [5.74, 6) is -1.00. The van der Waals surface area contributed by atoms with Crippen LogP contribution in [0.25, 0.3) is 0 Å². The minimum atomic E-state index is -4.32. The summed E-state index contributed by atoms with van der Waals surface area (Å²) in [6, 6.07) is 17.3. The second kappa shape index (κ2) is 10.5. The lowest BCUT2D eigenvalue weighted by Crippen LogP contribution is -2.47. The second-order valence-corrected chi connectivity index (χ2v) is 9.96. The van der Waals surface area contributed by atoms with Crippen molar-refractivity contribution in [2.45, 2.75) is 17.9 Å². The first-order chi connectivity index (χ1) is 17.2. The fourth-order valence-corrected chi connectivity index (χ4v) is 5.56.